The van der Waals surface area contributed by atoms with Crippen molar-refractivity contribution in [2.75, 3.05) is 18.1 Å². The maximum absolute atomic E-state index is 4.68. The number of fused-ring (bicyclic) bond motifs is 1. The van der Waals surface area contributed by atoms with Crippen LogP contribution in [0, 0.1) is 6.92 Å². The van der Waals surface area contributed by atoms with Gasteiger partial charge in [0.15, 0.2) is 0 Å². The molecule has 16 heavy (non-hydrogen) atoms. The highest BCUT2D eigenvalue weighted by molar-refractivity contribution is 7.99. The van der Waals surface area contributed by atoms with Crippen molar-refractivity contribution in [3.05, 3.63) is 35.8 Å². The molecule has 4 heteroatoms. The molecule has 84 valence electrons. The predicted octanol–water partition coefficient (Wildman–Crippen LogP) is 2.02. The van der Waals surface area contributed by atoms with Crippen molar-refractivity contribution in [2.24, 2.45) is 0 Å². The molecule has 1 fully saturated rings. The van der Waals surface area contributed by atoms with E-state index in [0.717, 1.165) is 17.9 Å². The zero-order chi connectivity index (χ0) is 11.0. The Balaban J connectivity index is 2.01. The summed E-state index contributed by atoms with van der Waals surface area (Å²) in [6, 6.07) is 6.65. The van der Waals surface area contributed by atoms with Crippen LogP contribution in [0.2, 0.25) is 0 Å². The zero-order valence-corrected chi connectivity index (χ0v) is 10.1. The fraction of sp³-hybridized carbons (Fsp3) is 0.417. The molecule has 0 aliphatic carbocycles. The lowest BCUT2D eigenvalue weighted by Gasteiger charge is -2.21. The van der Waals surface area contributed by atoms with Gasteiger partial charge >= 0.3 is 0 Å². The molecule has 0 aromatic carbocycles. The Morgan fingerprint density at radius 1 is 1.50 bits per heavy atom. The minimum absolute atomic E-state index is 0.415. The minimum atomic E-state index is 0.415. The summed E-state index contributed by atoms with van der Waals surface area (Å²) in [7, 11) is 0. The first kappa shape index (κ1) is 10.2. The van der Waals surface area contributed by atoms with Crippen molar-refractivity contribution >= 4 is 17.4 Å². The molecule has 1 aliphatic rings. The van der Waals surface area contributed by atoms with Crippen molar-refractivity contribution in [3.8, 4) is 0 Å². The van der Waals surface area contributed by atoms with Gasteiger partial charge in [-0.3, -0.25) is 0 Å². The van der Waals surface area contributed by atoms with Crippen LogP contribution in [-0.4, -0.2) is 27.4 Å². The van der Waals surface area contributed by atoms with E-state index in [2.05, 4.69) is 46.0 Å². The Kier molecular flexibility index (Phi) is 2.61. The first-order chi connectivity index (χ1) is 7.84. The molecule has 0 spiro atoms. The van der Waals surface area contributed by atoms with Crippen LogP contribution in [0.3, 0.4) is 0 Å². The lowest BCUT2D eigenvalue weighted by molar-refractivity contribution is 0.583. The van der Waals surface area contributed by atoms with Crippen molar-refractivity contribution in [1.29, 1.82) is 0 Å². The van der Waals surface area contributed by atoms with E-state index in [9.17, 15) is 0 Å². The van der Waals surface area contributed by atoms with Crippen molar-refractivity contribution in [3.63, 3.8) is 0 Å². The molecular formula is C12H15N3S. The van der Waals surface area contributed by atoms with E-state index in [1.165, 1.54) is 17.1 Å². The second kappa shape index (κ2) is 4.11. The third-order valence-electron chi connectivity index (χ3n) is 2.99. The van der Waals surface area contributed by atoms with E-state index in [0.29, 0.717) is 6.04 Å². The standard InChI is InChI=1S/C12H15N3S/c1-9-3-2-4-12-14-10(7-15(9)12)11-8-16-6-5-13-11/h2-4,7,11,13H,5-6,8H2,1H3. The Morgan fingerprint density at radius 2 is 2.44 bits per heavy atom. The van der Waals surface area contributed by atoms with Gasteiger partial charge in [0.25, 0.3) is 0 Å². The largest absolute Gasteiger partial charge is 0.307 e. The predicted molar refractivity (Wildman–Crippen MR) is 68.0 cm³/mol. The Bertz CT molecular complexity index is 500. The Hall–Kier alpha value is -1.00. The monoisotopic (exact) mass is 233 g/mol. The van der Waals surface area contributed by atoms with Gasteiger partial charge < -0.3 is 9.72 Å². The molecule has 1 unspecified atom stereocenters. The van der Waals surface area contributed by atoms with Gasteiger partial charge in [-0.2, -0.15) is 11.8 Å². The van der Waals surface area contributed by atoms with Gasteiger partial charge in [-0.05, 0) is 19.1 Å². The first-order valence-electron chi connectivity index (χ1n) is 5.60. The van der Waals surface area contributed by atoms with E-state index in [1.54, 1.807) is 0 Å². The number of pyridine rings is 1. The average Bonchev–Trinajstić information content (AvgIpc) is 2.76. The van der Waals surface area contributed by atoms with E-state index >= 15 is 0 Å². The number of aromatic nitrogens is 2. The van der Waals surface area contributed by atoms with E-state index in [-0.39, 0.29) is 0 Å². The average molecular weight is 233 g/mol. The molecule has 1 atom stereocenters. The number of nitrogens with zero attached hydrogens (tertiary/aromatic N) is 2. The van der Waals surface area contributed by atoms with E-state index in [4.69, 9.17) is 0 Å². The zero-order valence-electron chi connectivity index (χ0n) is 9.31. The highest BCUT2D eigenvalue weighted by atomic mass is 32.2. The number of nitrogens with one attached hydrogen (secondary N) is 1. The first-order valence-corrected chi connectivity index (χ1v) is 6.76. The molecule has 0 radical (unpaired) electrons. The van der Waals surface area contributed by atoms with Gasteiger partial charge in [-0.15, -0.1) is 0 Å². The fourth-order valence-corrected chi connectivity index (χ4v) is 3.04. The molecule has 2 aromatic heterocycles. The van der Waals surface area contributed by atoms with Crippen LogP contribution in [0.15, 0.2) is 24.4 Å². The minimum Gasteiger partial charge on any atom is -0.307 e. The summed E-state index contributed by atoms with van der Waals surface area (Å²) >= 11 is 2.00. The van der Waals surface area contributed by atoms with Crippen LogP contribution < -0.4 is 5.32 Å². The summed E-state index contributed by atoms with van der Waals surface area (Å²) in [6.07, 6.45) is 2.16. The molecule has 0 saturated carbocycles. The van der Waals surface area contributed by atoms with Crippen molar-refractivity contribution in [1.82, 2.24) is 14.7 Å². The van der Waals surface area contributed by atoms with Crippen LogP contribution in [0.25, 0.3) is 5.65 Å². The normalized spacial score (nSPS) is 21.4. The quantitative estimate of drug-likeness (QED) is 0.817. The smallest absolute Gasteiger partial charge is 0.137 e. The van der Waals surface area contributed by atoms with Gasteiger partial charge in [-0.25, -0.2) is 4.98 Å². The third-order valence-corrected chi connectivity index (χ3v) is 4.06. The number of rotatable bonds is 1. The van der Waals surface area contributed by atoms with Crippen LogP contribution in [-0.2, 0) is 0 Å². The molecule has 3 heterocycles. The summed E-state index contributed by atoms with van der Waals surface area (Å²) in [4.78, 5) is 4.68. The number of hydrogen-bond donors (Lipinski definition) is 1. The Labute approximate surface area is 99.3 Å². The van der Waals surface area contributed by atoms with Crippen molar-refractivity contribution in [2.45, 2.75) is 13.0 Å². The molecule has 3 rings (SSSR count). The van der Waals surface area contributed by atoms with Gasteiger partial charge in [0.2, 0.25) is 0 Å². The third kappa shape index (κ3) is 1.72. The van der Waals surface area contributed by atoms with Gasteiger partial charge in [0.05, 0.1) is 11.7 Å². The molecular weight excluding hydrogens is 218 g/mol. The molecule has 0 amide bonds. The summed E-state index contributed by atoms with van der Waals surface area (Å²) < 4.78 is 2.16. The van der Waals surface area contributed by atoms with Crippen molar-refractivity contribution < 1.29 is 0 Å². The fourth-order valence-electron chi connectivity index (χ4n) is 2.09. The number of hydrogen-bond acceptors (Lipinski definition) is 3. The van der Waals surface area contributed by atoms with Crippen LogP contribution in [0.1, 0.15) is 17.4 Å². The maximum atomic E-state index is 4.68. The van der Waals surface area contributed by atoms with E-state index in [1.807, 2.05) is 11.8 Å². The topological polar surface area (TPSA) is 29.3 Å². The second-order valence-electron chi connectivity index (χ2n) is 4.14. The van der Waals surface area contributed by atoms with Gasteiger partial charge in [0, 0.05) is 29.9 Å². The molecule has 0 bridgehead atoms. The lowest BCUT2D eigenvalue weighted by atomic mass is 10.2. The molecule has 1 aliphatic heterocycles. The van der Waals surface area contributed by atoms with Crippen LogP contribution in [0.4, 0.5) is 0 Å². The summed E-state index contributed by atoms with van der Waals surface area (Å²) in [6.45, 7) is 3.20. The number of imidazole rings is 1. The van der Waals surface area contributed by atoms with Gasteiger partial charge in [0.1, 0.15) is 5.65 Å². The summed E-state index contributed by atoms with van der Waals surface area (Å²) in [5, 5.41) is 3.52. The van der Waals surface area contributed by atoms with E-state index < -0.39 is 0 Å². The second-order valence-corrected chi connectivity index (χ2v) is 5.29. The summed E-state index contributed by atoms with van der Waals surface area (Å²) in [5.74, 6) is 2.34. The molecule has 3 nitrogen and oxygen atoms in total. The molecule has 2 aromatic rings. The number of thioether (sulfide) groups is 1. The summed E-state index contributed by atoms with van der Waals surface area (Å²) in [5.41, 5.74) is 3.45. The van der Waals surface area contributed by atoms with Crippen LogP contribution in [0.5, 0.6) is 0 Å². The lowest BCUT2D eigenvalue weighted by Crippen LogP contribution is -2.30. The highest BCUT2D eigenvalue weighted by Crippen LogP contribution is 2.21. The molecule has 1 saturated heterocycles. The SMILES string of the molecule is Cc1cccc2nc(C3CSCCN3)cn12. The van der Waals surface area contributed by atoms with Gasteiger partial charge in [-0.1, -0.05) is 6.07 Å². The number of aryl methyl sites for hydroxylation is 1. The maximum Gasteiger partial charge on any atom is 0.137 e. The van der Waals surface area contributed by atoms with Crippen LogP contribution >= 0.6 is 11.8 Å². The molecule has 1 N–H and O–H groups in total. The Morgan fingerprint density at radius 3 is 3.19 bits per heavy atom. The highest BCUT2D eigenvalue weighted by Gasteiger charge is 2.17.